The second-order valence-corrected chi connectivity index (χ2v) is 2.96. The number of aryl methyl sites for hydroxylation is 2. The molecule has 0 spiro atoms. The van der Waals surface area contributed by atoms with Gasteiger partial charge in [0.2, 0.25) is 0 Å². The molecule has 0 aliphatic rings. The molecule has 13 heavy (non-hydrogen) atoms. The number of hydrogen-bond acceptors (Lipinski definition) is 3. The van der Waals surface area contributed by atoms with Crippen LogP contribution >= 0.6 is 0 Å². The Labute approximate surface area is 75.2 Å². The third-order valence-corrected chi connectivity index (χ3v) is 2.20. The molecule has 0 saturated carbocycles. The van der Waals surface area contributed by atoms with E-state index in [9.17, 15) is 4.79 Å². The fraction of sp³-hybridized carbons (Fsp3) is 0.222. The Morgan fingerprint density at radius 2 is 2.23 bits per heavy atom. The number of fused-ring (bicyclic) bond motifs is 1. The maximum atomic E-state index is 10.6. The van der Waals surface area contributed by atoms with Gasteiger partial charge in [-0.25, -0.2) is 4.98 Å². The van der Waals surface area contributed by atoms with Crippen LogP contribution in [0.5, 0.6) is 0 Å². The molecule has 0 amide bonds. The fourth-order valence-corrected chi connectivity index (χ4v) is 1.35. The molecule has 4 heteroatoms. The van der Waals surface area contributed by atoms with Crippen LogP contribution in [-0.2, 0) is 7.05 Å². The molecule has 2 heterocycles. The van der Waals surface area contributed by atoms with Gasteiger partial charge in [0.15, 0.2) is 11.9 Å². The van der Waals surface area contributed by atoms with Crippen molar-refractivity contribution in [2.45, 2.75) is 6.92 Å². The van der Waals surface area contributed by atoms with Crippen molar-refractivity contribution in [2.75, 3.05) is 0 Å². The summed E-state index contributed by atoms with van der Waals surface area (Å²) in [5.74, 6) is 0. The molecule has 0 aliphatic heterocycles. The summed E-state index contributed by atoms with van der Waals surface area (Å²) in [7, 11) is 1.83. The van der Waals surface area contributed by atoms with Crippen LogP contribution in [0.3, 0.4) is 0 Å². The van der Waals surface area contributed by atoms with Crippen LogP contribution in [-0.4, -0.2) is 21.1 Å². The summed E-state index contributed by atoms with van der Waals surface area (Å²) in [5.41, 5.74) is 2.37. The fourth-order valence-electron chi connectivity index (χ4n) is 1.35. The van der Waals surface area contributed by atoms with E-state index in [2.05, 4.69) is 10.1 Å². The van der Waals surface area contributed by atoms with Gasteiger partial charge in [0, 0.05) is 24.2 Å². The minimum absolute atomic E-state index is 0.625. The topological polar surface area (TPSA) is 47.8 Å². The molecule has 0 aromatic carbocycles. The summed E-state index contributed by atoms with van der Waals surface area (Å²) >= 11 is 0. The zero-order valence-corrected chi connectivity index (χ0v) is 7.48. The molecule has 2 aromatic heterocycles. The van der Waals surface area contributed by atoms with Crippen LogP contribution in [0.2, 0.25) is 0 Å². The first-order valence-electron chi connectivity index (χ1n) is 3.96. The average Bonchev–Trinajstić information content (AvgIpc) is 2.50. The van der Waals surface area contributed by atoms with E-state index in [4.69, 9.17) is 0 Å². The van der Waals surface area contributed by atoms with Crippen molar-refractivity contribution in [1.29, 1.82) is 0 Å². The van der Waals surface area contributed by atoms with E-state index in [0.29, 0.717) is 5.56 Å². The summed E-state index contributed by atoms with van der Waals surface area (Å²) in [6.45, 7) is 1.90. The highest BCUT2D eigenvalue weighted by atomic mass is 16.1. The van der Waals surface area contributed by atoms with E-state index in [-0.39, 0.29) is 0 Å². The van der Waals surface area contributed by atoms with Gasteiger partial charge in [-0.1, -0.05) is 0 Å². The molecule has 0 N–H and O–H groups in total. The molecule has 66 valence electrons. The van der Waals surface area contributed by atoms with Crippen LogP contribution in [0, 0.1) is 6.92 Å². The van der Waals surface area contributed by atoms with Crippen molar-refractivity contribution in [3.63, 3.8) is 0 Å². The minimum Gasteiger partial charge on any atom is -0.298 e. The Kier molecular flexibility index (Phi) is 1.62. The van der Waals surface area contributed by atoms with E-state index in [1.165, 1.54) is 0 Å². The van der Waals surface area contributed by atoms with Crippen LogP contribution in [0.1, 0.15) is 15.9 Å². The quantitative estimate of drug-likeness (QED) is 0.609. The molecular weight excluding hydrogens is 166 g/mol. The van der Waals surface area contributed by atoms with Gasteiger partial charge >= 0.3 is 0 Å². The number of carbonyl (C=O) groups is 1. The molecule has 0 unspecified atom stereocenters. The van der Waals surface area contributed by atoms with Gasteiger partial charge in [0.25, 0.3) is 0 Å². The number of hydrogen-bond donors (Lipinski definition) is 0. The zero-order valence-electron chi connectivity index (χ0n) is 7.48. The first-order chi connectivity index (χ1) is 6.24. The number of aromatic nitrogens is 3. The van der Waals surface area contributed by atoms with Crippen molar-refractivity contribution in [2.24, 2.45) is 7.05 Å². The summed E-state index contributed by atoms with van der Waals surface area (Å²) in [6.07, 6.45) is 4.12. The minimum atomic E-state index is 0.625. The number of nitrogens with zero attached hydrogens (tertiary/aromatic N) is 3. The van der Waals surface area contributed by atoms with Crippen LogP contribution in [0.15, 0.2) is 12.4 Å². The molecule has 0 saturated heterocycles. The van der Waals surface area contributed by atoms with E-state index in [1.807, 2.05) is 14.0 Å². The largest absolute Gasteiger partial charge is 0.298 e. The maximum Gasteiger partial charge on any atom is 0.157 e. The van der Waals surface area contributed by atoms with E-state index >= 15 is 0 Å². The van der Waals surface area contributed by atoms with Gasteiger partial charge in [0.05, 0.1) is 6.20 Å². The molecule has 0 radical (unpaired) electrons. The molecule has 4 nitrogen and oxygen atoms in total. The zero-order chi connectivity index (χ0) is 9.42. The highest BCUT2D eigenvalue weighted by Gasteiger charge is 2.06. The number of rotatable bonds is 1. The maximum absolute atomic E-state index is 10.6. The molecule has 2 aromatic rings. The number of aldehydes is 1. The Bertz CT molecular complexity index is 473. The van der Waals surface area contributed by atoms with Crippen molar-refractivity contribution in [1.82, 2.24) is 14.8 Å². The second kappa shape index (κ2) is 2.65. The smallest absolute Gasteiger partial charge is 0.157 e. The lowest BCUT2D eigenvalue weighted by Gasteiger charge is -1.98. The third kappa shape index (κ3) is 1.02. The van der Waals surface area contributed by atoms with E-state index in [0.717, 1.165) is 22.9 Å². The summed E-state index contributed by atoms with van der Waals surface area (Å²) in [5, 5.41) is 5.01. The van der Waals surface area contributed by atoms with Gasteiger partial charge in [-0.15, -0.1) is 0 Å². The summed E-state index contributed by atoms with van der Waals surface area (Å²) in [4.78, 5) is 14.8. The lowest BCUT2D eigenvalue weighted by Crippen LogP contribution is -1.94. The van der Waals surface area contributed by atoms with Crippen LogP contribution in [0.25, 0.3) is 11.0 Å². The summed E-state index contributed by atoms with van der Waals surface area (Å²) < 4.78 is 1.69. The Hall–Kier alpha value is -1.71. The third-order valence-electron chi connectivity index (χ3n) is 2.20. The molecule has 2 rings (SSSR count). The van der Waals surface area contributed by atoms with Gasteiger partial charge in [-0.05, 0) is 12.5 Å². The first-order valence-corrected chi connectivity index (χ1v) is 3.96. The van der Waals surface area contributed by atoms with Crippen molar-refractivity contribution < 1.29 is 4.79 Å². The second-order valence-electron chi connectivity index (χ2n) is 2.96. The Balaban J connectivity index is 2.87. The standard InChI is InChI=1S/C9H9N3O/c1-6-7(5-13)3-10-9-8(6)4-11-12(9)2/h3-5H,1-2H3. The predicted molar refractivity (Wildman–Crippen MR) is 48.6 cm³/mol. The van der Waals surface area contributed by atoms with Crippen LogP contribution < -0.4 is 0 Å². The molecule has 0 fully saturated rings. The van der Waals surface area contributed by atoms with Crippen LogP contribution in [0.4, 0.5) is 0 Å². The van der Waals surface area contributed by atoms with Gasteiger partial charge in [-0.2, -0.15) is 5.10 Å². The average molecular weight is 175 g/mol. The first kappa shape index (κ1) is 7.91. The molecule has 0 aliphatic carbocycles. The Morgan fingerprint density at radius 3 is 2.92 bits per heavy atom. The molecular formula is C9H9N3O. The monoisotopic (exact) mass is 175 g/mol. The highest BCUT2D eigenvalue weighted by molar-refractivity contribution is 5.88. The summed E-state index contributed by atoms with van der Waals surface area (Å²) in [6, 6.07) is 0. The lowest BCUT2D eigenvalue weighted by atomic mass is 10.1. The lowest BCUT2D eigenvalue weighted by molar-refractivity contribution is 0.112. The Morgan fingerprint density at radius 1 is 1.46 bits per heavy atom. The van der Waals surface area contributed by atoms with E-state index < -0.39 is 0 Å². The van der Waals surface area contributed by atoms with Gasteiger partial charge in [0.1, 0.15) is 0 Å². The number of pyridine rings is 1. The number of carbonyl (C=O) groups excluding carboxylic acids is 1. The van der Waals surface area contributed by atoms with Gasteiger partial charge < -0.3 is 0 Å². The molecule has 0 atom stereocenters. The predicted octanol–water partition coefficient (Wildman–Crippen LogP) is 1.09. The molecule has 0 bridgehead atoms. The normalized spacial score (nSPS) is 10.6. The van der Waals surface area contributed by atoms with Gasteiger partial charge in [-0.3, -0.25) is 9.48 Å². The van der Waals surface area contributed by atoms with Crippen molar-refractivity contribution in [3.8, 4) is 0 Å². The van der Waals surface area contributed by atoms with E-state index in [1.54, 1.807) is 17.1 Å². The van der Waals surface area contributed by atoms with Crippen molar-refractivity contribution >= 4 is 17.3 Å². The SMILES string of the molecule is Cc1c(C=O)cnc2c1cnn2C. The van der Waals surface area contributed by atoms with Crippen molar-refractivity contribution in [3.05, 3.63) is 23.5 Å². The highest BCUT2D eigenvalue weighted by Crippen LogP contribution is 2.17.